The van der Waals surface area contributed by atoms with Crippen LogP contribution >= 0.6 is 24.0 Å². The van der Waals surface area contributed by atoms with E-state index in [0.29, 0.717) is 12.6 Å². The summed E-state index contributed by atoms with van der Waals surface area (Å²) in [6.45, 7) is 5.94. The van der Waals surface area contributed by atoms with E-state index < -0.39 is 0 Å². The Labute approximate surface area is 143 Å². The Hall–Kier alpha value is -0.980. The van der Waals surface area contributed by atoms with Crippen LogP contribution in [0.25, 0.3) is 0 Å². The fraction of sp³-hybridized carbons (Fsp3) is 0.562. The highest BCUT2D eigenvalue weighted by molar-refractivity contribution is 14.0. The third-order valence-corrected chi connectivity index (χ3v) is 3.94. The van der Waals surface area contributed by atoms with Gasteiger partial charge in [-0.3, -0.25) is 0 Å². The van der Waals surface area contributed by atoms with Crippen molar-refractivity contribution >= 4 is 29.9 Å². The molecule has 3 unspecified atom stereocenters. The SMILES string of the molecule is CCNC(=NCC1Cc2ccccc2O1)NC1CC1C.I. The van der Waals surface area contributed by atoms with E-state index in [2.05, 4.69) is 41.6 Å². The summed E-state index contributed by atoms with van der Waals surface area (Å²) in [5.41, 5.74) is 1.29. The lowest BCUT2D eigenvalue weighted by Gasteiger charge is -2.13. The highest BCUT2D eigenvalue weighted by atomic mass is 127. The molecule has 1 aliphatic heterocycles. The Morgan fingerprint density at radius 2 is 2.14 bits per heavy atom. The molecular weight excluding hydrogens is 377 g/mol. The summed E-state index contributed by atoms with van der Waals surface area (Å²) >= 11 is 0. The number of para-hydroxylation sites is 1. The molecule has 0 amide bonds. The number of benzene rings is 1. The van der Waals surface area contributed by atoms with Crippen LogP contribution in [0.15, 0.2) is 29.3 Å². The van der Waals surface area contributed by atoms with Crippen LogP contribution in [0.2, 0.25) is 0 Å². The molecule has 0 bridgehead atoms. The predicted octanol–water partition coefficient (Wildman–Crippen LogP) is 2.57. The zero-order valence-electron chi connectivity index (χ0n) is 12.6. The lowest BCUT2D eigenvalue weighted by Crippen LogP contribution is -2.39. The first kappa shape index (κ1) is 16.4. The minimum Gasteiger partial charge on any atom is -0.488 e. The molecule has 1 aliphatic carbocycles. The summed E-state index contributed by atoms with van der Waals surface area (Å²) in [5.74, 6) is 2.70. The van der Waals surface area contributed by atoms with Crippen molar-refractivity contribution < 1.29 is 4.74 Å². The van der Waals surface area contributed by atoms with Crippen LogP contribution in [0.5, 0.6) is 5.75 Å². The third kappa shape index (κ3) is 4.25. The Morgan fingerprint density at radius 1 is 1.38 bits per heavy atom. The topological polar surface area (TPSA) is 45.7 Å². The van der Waals surface area contributed by atoms with Crippen LogP contribution in [-0.2, 0) is 6.42 Å². The summed E-state index contributed by atoms with van der Waals surface area (Å²) in [6, 6.07) is 8.84. The zero-order chi connectivity index (χ0) is 13.9. The van der Waals surface area contributed by atoms with Gasteiger partial charge >= 0.3 is 0 Å². The van der Waals surface area contributed by atoms with E-state index in [1.165, 1.54) is 12.0 Å². The van der Waals surface area contributed by atoms with Gasteiger partial charge in [-0.1, -0.05) is 25.1 Å². The van der Waals surface area contributed by atoms with Crippen molar-refractivity contribution in [1.29, 1.82) is 0 Å². The van der Waals surface area contributed by atoms with Gasteiger partial charge in [-0.05, 0) is 30.9 Å². The Kier molecular flexibility index (Phi) is 5.72. The molecule has 0 saturated heterocycles. The maximum atomic E-state index is 5.91. The lowest BCUT2D eigenvalue weighted by molar-refractivity contribution is 0.241. The third-order valence-electron chi connectivity index (χ3n) is 3.94. The minimum atomic E-state index is 0. The summed E-state index contributed by atoms with van der Waals surface area (Å²) in [5, 5.41) is 6.77. The van der Waals surface area contributed by atoms with Gasteiger partial charge in [0.25, 0.3) is 0 Å². The second-order valence-corrected chi connectivity index (χ2v) is 5.74. The largest absolute Gasteiger partial charge is 0.488 e. The monoisotopic (exact) mass is 401 g/mol. The molecule has 1 fully saturated rings. The molecule has 1 aromatic rings. The molecule has 1 saturated carbocycles. The van der Waals surface area contributed by atoms with Crippen LogP contribution < -0.4 is 15.4 Å². The van der Waals surface area contributed by atoms with Gasteiger partial charge in [0.2, 0.25) is 0 Å². The van der Waals surface area contributed by atoms with Gasteiger partial charge in [0.1, 0.15) is 11.9 Å². The number of ether oxygens (including phenoxy) is 1. The minimum absolute atomic E-state index is 0. The van der Waals surface area contributed by atoms with Crippen molar-refractivity contribution in [1.82, 2.24) is 10.6 Å². The van der Waals surface area contributed by atoms with Crippen molar-refractivity contribution in [2.45, 2.75) is 38.8 Å². The standard InChI is InChI=1S/C16H23N3O.HI/c1-3-17-16(19-14-8-11(14)2)18-10-13-9-12-6-4-5-7-15(12)20-13;/h4-7,11,13-14H,3,8-10H2,1-2H3,(H2,17,18,19);1H. The first-order valence-electron chi connectivity index (χ1n) is 7.55. The number of halogens is 1. The van der Waals surface area contributed by atoms with Crippen LogP contribution in [0.4, 0.5) is 0 Å². The van der Waals surface area contributed by atoms with E-state index in [1.807, 2.05) is 12.1 Å². The van der Waals surface area contributed by atoms with Gasteiger partial charge in [-0.25, -0.2) is 4.99 Å². The van der Waals surface area contributed by atoms with Gasteiger partial charge in [0.05, 0.1) is 6.54 Å². The van der Waals surface area contributed by atoms with E-state index >= 15 is 0 Å². The number of fused-ring (bicyclic) bond motifs is 1. The number of nitrogens with zero attached hydrogens (tertiary/aromatic N) is 1. The molecule has 5 heteroatoms. The van der Waals surface area contributed by atoms with Crippen molar-refractivity contribution in [2.75, 3.05) is 13.1 Å². The van der Waals surface area contributed by atoms with Crippen LogP contribution in [0.1, 0.15) is 25.8 Å². The molecule has 0 spiro atoms. The molecule has 0 radical (unpaired) electrons. The summed E-state index contributed by atoms with van der Waals surface area (Å²) < 4.78 is 5.91. The Morgan fingerprint density at radius 3 is 2.81 bits per heavy atom. The summed E-state index contributed by atoms with van der Waals surface area (Å²) in [7, 11) is 0. The van der Waals surface area contributed by atoms with E-state index in [-0.39, 0.29) is 30.1 Å². The number of hydrogen-bond donors (Lipinski definition) is 2. The molecule has 3 atom stereocenters. The average Bonchev–Trinajstić information content (AvgIpc) is 2.99. The Balaban J connectivity index is 0.00000161. The predicted molar refractivity (Wildman–Crippen MR) is 96.7 cm³/mol. The number of guanidine groups is 1. The Bertz CT molecular complexity index is 481. The lowest BCUT2D eigenvalue weighted by atomic mass is 10.1. The van der Waals surface area contributed by atoms with Crippen LogP contribution in [-0.4, -0.2) is 31.2 Å². The van der Waals surface area contributed by atoms with E-state index in [9.17, 15) is 0 Å². The highest BCUT2D eigenvalue weighted by Gasteiger charge is 2.33. The van der Waals surface area contributed by atoms with Gasteiger partial charge in [0.15, 0.2) is 5.96 Å². The molecule has 116 valence electrons. The molecular formula is C16H24IN3O. The number of aliphatic imine (C=N–C) groups is 1. The first-order valence-corrected chi connectivity index (χ1v) is 7.55. The molecule has 21 heavy (non-hydrogen) atoms. The summed E-state index contributed by atoms with van der Waals surface area (Å²) in [4.78, 5) is 4.66. The first-order chi connectivity index (χ1) is 9.76. The van der Waals surface area contributed by atoms with Gasteiger partial charge in [-0.2, -0.15) is 0 Å². The van der Waals surface area contributed by atoms with Crippen molar-refractivity contribution in [2.24, 2.45) is 10.9 Å². The fourth-order valence-corrected chi connectivity index (χ4v) is 2.57. The van der Waals surface area contributed by atoms with E-state index in [1.54, 1.807) is 0 Å². The van der Waals surface area contributed by atoms with Crippen molar-refractivity contribution in [3.63, 3.8) is 0 Å². The normalized spacial score (nSPS) is 26.4. The van der Waals surface area contributed by atoms with E-state index in [4.69, 9.17) is 4.74 Å². The quantitative estimate of drug-likeness (QED) is 0.463. The zero-order valence-corrected chi connectivity index (χ0v) is 15.0. The van der Waals surface area contributed by atoms with Crippen molar-refractivity contribution in [3.05, 3.63) is 29.8 Å². The molecule has 2 aliphatic rings. The van der Waals surface area contributed by atoms with Gasteiger partial charge < -0.3 is 15.4 Å². The fourth-order valence-electron chi connectivity index (χ4n) is 2.57. The number of hydrogen-bond acceptors (Lipinski definition) is 2. The van der Waals surface area contributed by atoms with Crippen molar-refractivity contribution in [3.8, 4) is 5.75 Å². The van der Waals surface area contributed by atoms with Gasteiger partial charge in [-0.15, -0.1) is 24.0 Å². The van der Waals surface area contributed by atoms with Gasteiger partial charge in [0, 0.05) is 19.0 Å². The van der Waals surface area contributed by atoms with Crippen LogP contribution in [0, 0.1) is 5.92 Å². The molecule has 0 aromatic heterocycles. The average molecular weight is 401 g/mol. The second-order valence-electron chi connectivity index (χ2n) is 5.74. The maximum Gasteiger partial charge on any atom is 0.191 e. The smallest absolute Gasteiger partial charge is 0.191 e. The summed E-state index contributed by atoms with van der Waals surface area (Å²) in [6.07, 6.45) is 2.37. The molecule has 1 heterocycles. The molecule has 1 aromatic carbocycles. The highest BCUT2D eigenvalue weighted by Crippen LogP contribution is 2.29. The maximum absolute atomic E-state index is 5.91. The molecule has 4 nitrogen and oxygen atoms in total. The molecule has 2 N–H and O–H groups in total. The van der Waals surface area contributed by atoms with Crippen LogP contribution in [0.3, 0.4) is 0 Å². The van der Waals surface area contributed by atoms with E-state index in [0.717, 1.165) is 30.6 Å². The second kappa shape index (κ2) is 7.33. The number of rotatable bonds is 4. The molecule has 3 rings (SSSR count). The number of nitrogens with one attached hydrogen (secondary N) is 2.